The van der Waals surface area contributed by atoms with Gasteiger partial charge in [-0.25, -0.2) is 0 Å². The highest BCUT2D eigenvalue weighted by molar-refractivity contribution is 5.75. The molecule has 1 rings (SSSR count). The first kappa shape index (κ1) is 12.2. The van der Waals surface area contributed by atoms with E-state index < -0.39 is 18.0 Å². The molecular formula is C11H13NO4. The SMILES string of the molecule is O=C(O)CNC(Cc1ccccc1)C(=O)O. The van der Waals surface area contributed by atoms with E-state index in [2.05, 4.69) is 5.32 Å². The Hall–Kier alpha value is -1.88. The van der Waals surface area contributed by atoms with Crippen LogP contribution in [0.25, 0.3) is 0 Å². The summed E-state index contributed by atoms with van der Waals surface area (Å²) in [6.07, 6.45) is 0.267. The first-order valence-corrected chi connectivity index (χ1v) is 4.81. The van der Waals surface area contributed by atoms with Crippen molar-refractivity contribution in [3.05, 3.63) is 35.9 Å². The number of hydrogen-bond donors (Lipinski definition) is 3. The summed E-state index contributed by atoms with van der Waals surface area (Å²) in [4.78, 5) is 21.2. The zero-order valence-electron chi connectivity index (χ0n) is 8.59. The lowest BCUT2D eigenvalue weighted by Gasteiger charge is -2.12. The molecule has 0 spiro atoms. The van der Waals surface area contributed by atoms with Crippen LogP contribution in [-0.4, -0.2) is 34.7 Å². The molecule has 0 heterocycles. The van der Waals surface area contributed by atoms with Gasteiger partial charge in [0.15, 0.2) is 0 Å². The summed E-state index contributed by atoms with van der Waals surface area (Å²) in [5.41, 5.74) is 0.854. The molecule has 5 heteroatoms. The van der Waals surface area contributed by atoms with Crippen LogP contribution in [0.1, 0.15) is 5.56 Å². The van der Waals surface area contributed by atoms with Gasteiger partial charge in [-0.3, -0.25) is 14.9 Å². The van der Waals surface area contributed by atoms with Gasteiger partial charge in [-0.15, -0.1) is 0 Å². The highest BCUT2D eigenvalue weighted by atomic mass is 16.4. The summed E-state index contributed by atoms with van der Waals surface area (Å²) in [6.45, 7) is -0.357. The zero-order valence-corrected chi connectivity index (χ0v) is 8.59. The Bertz CT molecular complexity index is 364. The minimum absolute atomic E-state index is 0.267. The van der Waals surface area contributed by atoms with Crippen LogP contribution in [0, 0.1) is 0 Å². The number of aliphatic carboxylic acids is 2. The number of carbonyl (C=O) groups is 2. The predicted molar refractivity (Wildman–Crippen MR) is 57.2 cm³/mol. The van der Waals surface area contributed by atoms with Gasteiger partial charge in [-0.1, -0.05) is 30.3 Å². The molecule has 16 heavy (non-hydrogen) atoms. The van der Waals surface area contributed by atoms with E-state index in [1.807, 2.05) is 18.2 Å². The van der Waals surface area contributed by atoms with Crippen molar-refractivity contribution in [2.75, 3.05) is 6.54 Å². The second-order valence-electron chi connectivity index (χ2n) is 3.36. The van der Waals surface area contributed by atoms with E-state index in [-0.39, 0.29) is 13.0 Å². The molecule has 0 fully saturated rings. The van der Waals surface area contributed by atoms with Gasteiger partial charge in [0.1, 0.15) is 6.04 Å². The number of hydrogen-bond acceptors (Lipinski definition) is 3. The molecule has 0 aliphatic heterocycles. The van der Waals surface area contributed by atoms with Crippen LogP contribution >= 0.6 is 0 Å². The number of benzene rings is 1. The number of nitrogens with one attached hydrogen (secondary N) is 1. The van der Waals surface area contributed by atoms with E-state index in [0.29, 0.717) is 0 Å². The monoisotopic (exact) mass is 223 g/mol. The van der Waals surface area contributed by atoms with Crippen molar-refractivity contribution in [1.82, 2.24) is 5.32 Å². The van der Waals surface area contributed by atoms with E-state index in [4.69, 9.17) is 10.2 Å². The second-order valence-corrected chi connectivity index (χ2v) is 3.36. The van der Waals surface area contributed by atoms with Crippen molar-refractivity contribution >= 4 is 11.9 Å². The largest absolute Gasteiger partial charge is 0.480 e. The van der Waals surface area contributed by atoms with Crippen molar-refractivity contribution in [3.8, 4) is 0 Å². The van der Waals surface area contributed by atoms with Gasteiger partial charge in [-0.2, -0.15) is 0 Å². The van der Waals surface area contributed by atoms with Crippen LogP contribution in [0.2, 0.25) is 0 Å². The van der Waals surface area contributed by atoms with Crippen LogP contribution in [0.4, 0.5) is 0 Å². The second kappa shape index (κ2) is 5.87. The molecule has 0 saturated heterocycles. The van der Waals surface area contributed by atoms with E-state index in [9.17, 15) is 9.59 Å². The first-order valence-electron chi connectivity index (χ1n) is 4.81. The molecule has 86 valence electrons. The van der Waals surface area contributed by atoms with Crippen molar-refractivity contribution in [1.29, 1.82) is 0 Å². The standard InChI is InChI=1S/C11H13NO4/c13-10(14)7-12-9(11(15)16)6-8-4-2-1-3-5-8/h1-5,9,12H,6-7H2,(H,13,14)(H,15,16). The number of rotatable bonds is 6. The Balaban J connectivity index is 2.58. The highest BCUT2D eigenvalue weighted by Gasteiger charge is 2.17. The molecular weight excluding hydrogens is 210 g/mol. The lowest BCUT2D eigenvalue weighted by atomic mass is 10.1. The van der Waals surface area contributed by atoms with Gasteiger partial charge in [0.25, 0.3) is 0 Å². The van der Waals surface area contributed by atoms with E-state index in [1.54, 1.807) is 12.1 Å². The molecule has 1 aromatic rings. The molecule has 0 aliphatic rings. The fourth-order valence-electron chi connectivity index (χ4n) is 1.31. The Kier molecular flexibility index (Phi) is 4.47. The molecule has 1 aromatic carbocycles. The molecule has 0 radical (unpaired) electrons. The van der Waals surface area contributed by atoms with Crippen LogP contribution in [0.15, 0.2) is 30.3 Å². The maximum absolute atomic E-state index is 10.9. The van der Waals surface area contributed by atoms with E-state index in [0.717, 1.165) is 5.56 Å². The van der Waals surface area contributed by atoms with Gasteiger partial charge in [0.2, 0.25) is 0 Å². The molecule has 3 N–H and O–H groups in total. The van der Waals surface area contributed by atoms with Gasteiger partial charge >= 0.3 is 11.9 Å². The lowest BCUT2D eigenvalue weighted by molar-refractivity contribution is -0.140. The third kappa shape index (κ3) is 4.10. The summed E-state index contributed by atoms with van der Waals surface area (Å²) in [5, 5.41) is 19.8. The summed E-state index contributed by atoms with van der Waals surface area (Å²) in [6, 6.07) is 8.19. The number of carboxylic acid groups (broad SMARTS) is 2. The van der Waals surface area contributed by atoms with Gasteiger partial charge in [0, 0.05) is 0 Å². The Morgan fingerprint density at radius 2 is 1.81 bits per heavy atom. The molecule has 0 aromatic heterocycles. The van der Waals surface area contributed by atoms with Crippen LogP contribution < -0.4 is 5.32 Å². The average molecular weight is 223 g/mol. The summed E-state index contributed by atoms with van der Waals surface area (Å²) < 4.78 is 0. The topological polar surface area (TPSA) is 86.6 Å². The summed E-state index contributed by atoms with van der Waals surface area (Å²) in [7, 11) is 0. The van der Waals surface area contributed by atoms with Crippen molar-refractivity contribution in [2.45, 2.75) is 12.5 Å². The molecule has 0 aliphatic carbocycles. The highest BCUT2D eigenvalue weighted by Crippen LogP contribution is 2.03. The molecule has 0 bridgehead atoms. The van der Waals surface area contributed by atoms with Crippen LogP contribution in [0.3, 0.4) is 0 Å². The normalized spacial score (nSPS) is 12.0. The summed E-state index contributed by atoms with van der Waals surface area (Å²) in [5.74, 6) is -2.12. The quantitative estimate of drug-likeness (QED) is 0.648. The third-order valence-electron chi connectivity index (χ3n) is 2.08. The van der Waals surface area contributed by atoms with Gasteiger partial charge in [0.05, 0.1) is 6.54 Å². The lowest BCUT2D eigenvalue weighted by Crippen LogP contribution is -2.41. The zero-order chi connectivity index (χ0) is 12.0. The van der Waals surface area contributed by atoms with Crippen LogP contribution in [0.5, 0.6) is 0 Å². The smallest absolute Gasteiger partial charge is 0.321 e. The predicted octanol–water partition coefficient (Wildman–Crippen LogP) is 0.356. The Morgan fingerprint density at radius 1 is 1.19 bits per heavy atom. The van der Waals surface area contributed by atoms with Crippen molar-refractivity contribution < 1.29 is 19.8 Å². The van der Waals surface area contributed by atoms with E-state index in [1.165, 1.54) is 0 Å². The summed E-state index contributed by atoms with van der Waals surface area (Å²) >= 11 is 0. The minimum atomic E-state index is -1.07. The molecule has 5 nitrogen and oxygen atoms in total. The van der Waals surface area contributed by atoms with Gasteiger partial charge < -0.3 is 10.2 Å². The minimum Gasteiger partial charge on any atom is -0.480 e. The molecule has 0 saturated carbocycles. The van der Waals surface area contributed by atoms with Crippen molar-refractivity contribution in [3.63, 3.8) is 0 Å². The number of carboxylic acids is 2. The maximum Gasteiger partial charge on any atom is 0.321 e. The fourth-order valence-corrected chi connectivity index (χ4v) is 1.31. The van der Waals surface area contributed by atoms with E-state index >= 15 is 0 Å². The maximum atomic E-state index is 10.9. The molecule has 1 unspecified atom stereocenters. The Labute approximate surface area is 92.7 Å². The first-order chi connectivity index (χ1) is 7.59. The van der Waals surface area contributed by atoms with Gasteiger partial charge in [-0.05, 0) is 12.0 Å². The third-order valence-corrected chi connectivity index (χ3v) is 2.08. The average Bonchev–Trinajstić information content (AvgIpc) is 2.25. The Morgan fingerprint density at radius 3 is 2.31 bits per heavy atom. The van der Waals surface area contributed by atoms with Crippen molar-refractivity contribution in [2.24, 2.45) is 0 Å². The molecule has 1 atom stereocenters. The fraction of sp³-hybridized carbons (Fsp3) is 0.273. The van der Waals surface area contributed by atoms with Crippen LogP contribution in [-0.2, 0) is 16.0 Å². The molecule has 0 amide bonds.